The number of H-pyrrole nitrogens is 1. The highest BCUT2D eigenvalue weighted by Crippen LogP contribution is 2.40. The zero-order valence-corrected chi connectivity index (χ0v) is 23.6. The molecule has 0 amide bonds. The first-order valence-corrected chi connectivity index (χ1v) is 14.7. The van der Waals surface area contributed by atoms with Crippen LogP contribution in [0.1, 0.15) is 66.7 Å². The van der Waals surface area contributed by atoms with Crippen LogP contribution >= 0.6 is 0 Å². The van der Waals surface area contributed by atoms with E-state index in [-0.39, 0.29) is 5.56 Å². The number of ether oxygens (including phenoxy) is 1. The van der Waals surface area contributed by atoms with E-state index < -0.39 is 5.76 Å². The number of benzene rings is 3. The molecule has 0 atom stereocenters. The number of fused-ring (bicyclic) bond motifs is 1. The number of nitrogens with zero attached hydrogens (tertiary/aromatic N) is 3. The minimum absolute atomic E-state index is 0.0290. The first kappa shape index (κ1) is 26.2. The van der Waals surface area contributed by atoms with E-state index in [1.54, 1.807) is 0 Å². The van der Waals surface area contributed by atoms with Gasteiger partial charge in [0.15, 0.2) is 5.82 Å². The number of rotatable bonds is 9. The second-order valence-electron chi connectivity index (χ2n) is 11.2. The number of nitrogens with one attached hydrogen (secondary N) is 1. The largest absolute Gasteiger partial charge is 0.493 e. The van der Waals surface area contributed by atoms with E-state index in [1.807, 2.05) is 53.1 Å². The quantitative estimate of drug-likeness (QED) is 0.238. The Morgan fingerprint density at radius 3 is 2.55 bits per heavy atom. The van der Waals surface area contributed by atoms with E-state index in [4.69, 9.17) is 14.2 Å². The summed E-state index contributed by atoms with van der Waals surface area (Å²) in [5, 5.41) is 3.87. The van der Waals surface area contributed by atoms with Crippen LogP contribution in [0.25, 0.3) is 28.2 Å². The number of unbranched alkanes of at least 4 members (excludes halogenated alkanes) is 1. The number of hydrogen-bond donors (Lipinski definition) is 1. The summed E-state index contributed by atoms with van der Waals surface area (Å²) in [6.07, 6.45) is 6.32. The van der Waals surface area contributed by atoms with Crippen molar-refractivity contribution in [2.24, 2.45) is 0 Å². The molecule has 1 saturated carbocycles. The fraction of sp³-hybridized carbons (Fsp3) is 0.294. The average molecular weight is 561 g/mol. The van der Waals surface area contributed by atoms with Crippen molar-refractivity contribution in [3.05, 3.63) is 116 Å². The molecule has 3 aromatic carbocycles. The normalized spacial score (nSPS) is 14.1. The standard InChI is InChI=1S/C34H32N4O4/c1-2-3-8-29-28(33(39)38(32(35-29)23-13-14-23)25-15-16-30-24(20-25)17-18-41-30)19-21-9-11-22(12-10-21)26-6-4-5-7-27(26)31-36-34(40)42-37-31/h4-7,9-12,15-16,20,23H,2-3,8,13-14,17-19H2,1H3,(H,36,37,40). The van der Waals surface area contributed by atoms with Crippen LogP contribution in [0.3, 0.4) is 0 Å². The van der Waals surface area contributed by atoms with Gasteiger partial charge in [-0.15, -0.1) is 0 Å². The van der Waals surface area contributed by atoms with Gasteiger partial charge in [-0.3, -0.25) is 18.9 Å². The van der Waals surface area contributed by atoms with Crippen LogP contribution in [0.5, 0.6) is 5.75 Å². The van der Waals surface area contributed by atoms with Crippen LogP contribution in [0, 0.1) is 0 Å². The molecule has 2 aromatic heterocycles. The lowest BCUT2D eigenvalue weighted by atomic mass is 9.96. The van der Waals surface area contributed by atoms with Crippen LogP contribution in [0.4, 0.5) is 0 Å². The molecule has 0 bridgehead atoms. The highest BCUT2D eigenvalue weighted by atomic mass is 16.5. The number of aryl methyl sites for hydroxylation is 1. The number of aromatic nitrogens is 4. The van der Waals surface area contributed by atoms with Crippen molar-refractivity contribution >= 4 is 0 Å². The highest BCUT2D eigenvalue weighted by Gasteiger charge is 2.31. The Bertz CT molecular complexity index is 1880. The monoisotopic (exact) mass is 560 g/mol. The van der Waals surface area contributed by atoms with Gasteiger partial charge in [0.25, 0.3) is 5.56 Å². The second-order valence-corrected chi connectivity index (χ2v) is 11.2. The lowest BCUT2D eigenvalue weighted by Gasteiger charge is -2.18. The fourth-order valence-corrected chi connectivity index (χ4v) is 5.82. The molecule has 7 rings (SSSR count). The predicted octanol–water partition coefficient (Wildman–Crippen LogP) is 5.99. The van der Waals surface area contributed by atoms with Crippen molar-refractivity contribution in [1.29, 1.82) is 0 Å². The van der Waals surface area contributed by atoms with E-state index >= 15 is 0 Å². The van der Waals surface area contributed by atoms with E-state index in [2.05, 4.69) is 35.3 Å². The SMILES string of the molecule is CCCCc1nc(C2CC2)n(-c2ccc3c(c2)CCO3)c(=O)c1Cc1ccc(-c2ccccc2-c2noc(=O)[nH]2)cc1. The maximum atomic E-state index is 14.3. The average Bonchev–Trinajstić information content (AvgIpc) is 3.60. The van der Waals surface area contributed by atoms with Crippen molar-refractivity contribution in [2.75, 3.05) is 6.61 Å². The zero-order valence-electron chi connectivity index (χ0n) is 23.6. The van der Waals surface area contributed by atoms with Crippen LogP contribution in [0.2, 0.25) is 0 Å². The topological polar surface area (TPSA) is 103 Å². The van der Waals surface area contributed by atoms with Gasteiger partial charge in [0.2, 0.25) is 0 Å². The summed E-state index contributed by atoms with van der Waals surface area (Å²) in [6, 6.07) is 22.0. The minimum atomic E-state index is -0.589. The number of aromatic amines is 1. The van der Waals surface area contributed by atoms with Gasteiger partial charge in [0.05, 0.1) is 18.0 Å². The summed E-state index contributed by atoms with van der Waals surface area (Å²) in [4.78, 5) is 33.7. The molecule has 0 saturated heterocycles. The summed E-state index contributed by atoms with van der Waals surface area (Å²) in [6.45, 7) is 2.85. The van der Waals surface area contributed by atoms with Crippen molar-refractivity contribution in [3.8, 4) is 34.0 Å². The molecule has 1 fully saturated rings. The summed E-state index contributed by atoms with van der Waals surface area (Å²) in [7, 11) is 0. The predicted molar refractivity (Wildman–Crippen MR) is 160 cm³/mol. The molecule has 8 nitrogen and oxygen atoms in total. The van der Waals surface area contributed by atoms with E-state index in [0.29, 0.717) is 24.8 Å². The van der Waals surface area contributed by atoms with Gasteiger partial charge >= 0.3 is 5.76 Å². The summed E-state index contributed by atoms with van der Waals surface area (Å²) in [5.74, 6) is 1.93. The molecule has 1 N–H and O–H groups in total. The molecule has 5 aromatic rings. The lowest BCUT2D eigenvalue weighted by Crippen LogP contribution is -2.29. The number of hydrogen-bond acceptors (Lipinski definition) is 6. The fourth-order valence-electron chi connectivity index (χ4n) is 5.82. The maximum Gasteiger partial charge on any atom is 0.439 e. The van der Waals surface area contributed by atoms with Crippen molar-refractivity contribution in [3.63, 3.8) is 0 Å². The van der Waals surface area contributed by atoms with Crippen LogP contribution in [-0.2, 0) is 19.3 Å². The molecule has 42 heavy (non-hydrogen) atoms. The van der Waals surface area contributed by atoms with E-state index in [1.165, 1.54) is 0 Å². The second kappa shape index (κ2) is 10.9. The molecule has 1 aliphatic carbocycles. The van der Waals surface area contributed by atoms with Crippen LogP contribution < -0.4 is 16.1 Å². The van der Waals surface area contributed by atoms with Gasteiger partial charge in [0, 0.05) is 29.9 Å². The molecule has 212 valence electrons. The third kappa shape index (κ3) is 4.98. The van der Waals surface area contributed by atoms with Gasteiger partial charge in [-0.05, 0) is 66.1 Å². The Morgan fingerprint density at radius 1 is 1.00 bits per heavy atom. The molecule has 3 heterocycles. The van der Waals surface area contributed by atoms with Crippen molar-refractivity contribution in [2.45, 2.75) is 57.8 Å². The van der Waals surface area contributed by atoms with Gasteiger partial charge < -0.3 is 4.74 Å². The highest BCUT2D eigenvalue weighted by molar-refractivity contribution is 5.80. The Morgan fingerprint density at radius 2 is 1.81 bits per heavy atom. The van der Waals surface area contributed by atoms with Crippen LogP contribution in [-0.4, -0.2) is 26.3 Å². The molecule has 0 spiro atoms. The Hall–Kier alpha value is -4.72. The molecular formula is C34H32N4O4. The smallest absolute Gasteiger partial charge is 0.439 e. The third-order valence-electron chi connectivity index (χ3n) is 8.20. The zero-order chi connectivity index (χ0) is 28.6. The Kier molecular flexibility index (Phi) is 6.82. The molecular weight excluding hydrogens is 528 g/mol. The van der Waals surface area contributed by atoms with Crippen molar-refractivity contribution in [1.82, 2.24) is 19.7 Å². The maximum absolute atomic E-state index is 14.3. The molecule has 1 aliphatic heterocycles. The van der Waals surface area contributed by atoms with Gasteiger partial charge in [-0.2, -0.15) is 0 Å². The lowest BCUT2D eigenvalue weighted by molar-refractivity contribution is 0.357. The summed E-state index contributed by atoms with van der Waals surface area (Å²) >= 11 is 0. The molecule has 8 heteroatoms. The first-order chi connectivity index (χ1) is 20.6. The van der Waals surface area contributed by atoms with Gasteiger partial charge in [0.1, 0.15) is 11.6 Å². The van der Waals surface area contributed by atoms with Gasteiger partial charge in [-0.1, -0.05) is 67.0 Å². The van der Waals surface area contributed by atoms with E-state index in [9.17, 15) is 9.59 Å². The van der Waals surface area contributed by atoms with Gasteiger partial charge in [-0.25, -0.2) is 9.78 Å². The van der Waals surface area contributed by atoms with Crippen molar-refractivity contribution < 1.29 is 9.26 Å². The van der Waals surface area contributed by atoms with Crippen LogP contribution in [0.15, 0.2) is 80.8 Å². The Labute approximate surface area is 243 Å². The minimum Gasteiger partial charge on any atom is -0.493 e. The molecule has 2 aliphatic rings. The summed E-state index contributed by atoms with van der Waals surface area (Å²) < 4.78 is 12.3. The first-order valence-electron chi connectivity index (χ1n) is 14.7. The third-order valence-corrected chi connectivity index (χ3v) is 8.20. The van der Waals surface area contributed by atoms with E-state index in [0.717, 1.165) is 94.9 Å². The molecule has 0 radical (unpaired) electrons. The molecule has 0 unspecified atom stereocenters. The Balaban J connectivity index is 1.27. The summed E-state index contributed by atoms with van der Waals surface area (Å²) in [5.41, 5.74) is 7.45.